The summed E-state index contributed by atoms with van der Waals surface area (Å²) in [5, 5.41) is 8.38. The van der Waals surface area contributed by atoms with Crippen molar-refractivity contribution in [3.05, 3.63) is 29.8 Å². The third-order valence-electron chi connectivity index (χ3n) is 1.45. The molecule has 3 nitrogen and oxygen atoms in total. The van der Waals surface area contributed by atoms with Crippen molar-refractivity contribution < 1.29 is 14.6 Å². The zero-order chi connectivity index (χ0) is 10.4. The van der Waals surface area contributed by atoms with Gasteiger partial charge in [0.15, 0.2) is 0 Å². The van der Waals surface area contributed by atoms with Crippen LogP contribution in [-0.4, -0.2) is 11.3 Å². The van der Waals surface area contributed by atoms with Gasteiger partial charge in [-0.2, -0.15) is 0 Å². The summed E-state index contributed by atoms with van der Waals surface area (Å²) in [6.07, 6.45) is -0.546. The van der Waals surface area contributed by atoms with E-state index in [1.54, 1.807) is 24.3 Å². The molecule has 0 unspecified atom stereocenters. The van der Waals surface area contributed by atoms with Gasteiger partial charge in [0.1, 0.15) is 5.75 Å². The van der Waals surface area contributed by atoms with Crippen molar-refractivity contribution in [1.82, 2.24) is 0 Å². The van der Waals surface area contributed by atoms with Crippen LogP contribution in [0, 0.1) is 11.8 Å². The van der Waals surface area contributed by atoms with Crippen LogP contribution in [0.4, 0.5) is 4.79 Å². The Bertz CT molecular complexity index is 385. The summed E-state index contributed by atoms with van der Waals surface area (Å²) >= 11 is 0. The number of ether oxygens (including phenoxy) is 1. The Morgan fingerprint density at radius 1 is 1.57 bits per heavy atom. The van der Waals surface area contributed by atoms with Crippen LogP contribution in [0.5, 0.6) is 5.75 Å². The molecule has 1 aromatic carbocycles. The molecule has 0 aliphatic carbocycles. The van der Waals surface area contributed by atoms with Crippen LogP contribution in [0.25, 0.3) is 0 Å². The maximum absolute atomic E-state index is 10.2. The Kier molecular flexibility index (Phi) is 3.57. The van der Waals surface area contributed by atoms with Gasteiger partial charge in [0, 0.05) is 12.0 Å². The van der Waals surface area contributed by atoms with E-state index in [2.05, 4.69) is 16.6 Å². The van der Waals surface area contributed by atoms with E-state index < -0.39 is 6.16 Å². The predicted molar refractivity (Wildman–Crippen MR) is 52.3 cm³/mol. The minimum Gasteiger partial charge on any atom is -0.449 e. The van der Waals surface area contributed by atoms with Gasteiger partial charge < -0.3 is 9.84 Å². The molecule has 72 valence electrons. The van der Waals surface area contributed by atoms with Crippen LogP contribution >= 0.6 is 0 Å². The summed E-state index contributed by atoms with van der Waals surface area (Å²) in [6, 6.07) is 6.68. The molecule has 0 amide bonds. The Balaban J connectivity index is 2.84. The second kappa shape index (κ2) is 4.93. The average molecular weight is 190 g/mol. The molecule has 1 aromatic rings. The average Bonchev–Trinajstić information content (AvgIpc) is 2.14. The van der Waals surface area contributed by atoms with Gasteiger partial charge in [-0.3, -0.25) is 0 Å². The highest BCUT2D eigenvalue weighted by atomic mass is 16.7. The first kappa shape index (κ1) is 10.1. The minimum atomic E-state index is -1.31. The second-order valence-electron chi connectivity index (χ2n) is 2.55. The lowest BCUT2D eigenvalue weighted by atomic mass is 10.2. The maximum atomic E-state index is 10.2. The topological polar surface area (TPSA) is 46.5 Å². The summed E-state index contributed by atoms with van der Waals surface area (Å²) in [6.45, 7) is 1.95. The molecular formula is C11H10O3. The Morgan fingerprint density at radius 2 is 2.36 bits per heavy atom. The van der Waals surface area contributed by atoms with Crippen LogP contribution in [0.2, 0.25) is 0 Å². The fraction of sp³-hybridized carbons (Fsp3) is 0.182. The van der Waals surface area contributed by atoms with Gasteiger partial charge >= 0.3 is 6.16 Å². The summed E-state index contributed by atoms with van der Waals surface area (Å²) in [7, 11) is 0. The van der Waals surface area contributed by atoms with E-state index in [-0.39, 0.29) is 0 Å². The van der Waals surface area contributed by atoms with E-state index in [9.17, 15) is 4.79 Å². The van der Waals surface area contributed by atoms with Crippen molar-refractivity contribution in [1.29, 1.82) is 0 Å². The van der Waals surface area contributed by atoms with Gasteiger partial charge in [0.25, 0.3) is 0 Å². The summed E-state index contributed by atoms with van der Waals surface area (Å²) in [5.74, 6) is 6.07. The smallest absolute Gasteiger partial charge is 0.449 e. The van der Waals surface area contributed by atoms with Gasteiger partial charge in [0.2, 0.25) is 0 Å². The molecule has 0 bridgehead atoms. The molecule has 0 aromatic heterocycles. The quantitative estimate of drug-likeness (QED) is 0.420. The second-order valence-corrected chi connectivity index (χ2v) is 2.55. The van der Waals surface area contributed by atoms with E-state index in [1.165, 1.54) is 0 Å². The molecular weight excluding hydrogens is 180 g/mol. The molecule has 0 fully saturated rings. The summed E-state index contributed by atoms with van der Waals surface area (Å²) in [4.78, 5) is 10.2. The third-order valence-corrected chi connectivity index (χ3v) is 1.45. The summed E-state index contributed by atoms with van der Waals surface area (Å²) < 4.78 is 4.48. The molecule has 1 N–H and O–H groups in total. The molecule has 0 saturated heterocycles. The van der Waals surface area contributed by atoms with Crippen molar-refractivity contribution in [3.8, 4) is 17.6 Å². The number of hydrogen-bond donors (Lipinski definition) is 1. The molecule has 1 rings (SSSR count). The van der Waals surface area contributed by atoms with Crippen molar-refractivity contribution in [2.75, 3.05) is 0 Å². The van der Waals surface area contributed by atoms with E-state index in [0.717, 1.165) is 12.0 Å². The van der Waals surface area contributed by atoms with Crippen LogP contribution < -0.4 is 4.74 Å². The van der Waals surface area contributed by atoms with E-state index in [1.807, 2.05) is 6.92 Å². The number of benzene rings is 1. The SMILES string of the molecule is CCC#Cc1cccc(OC(=O)O)c1. The lowest BCUT2D eigenvalue weighted by molar-refractivity contribution is 0.144. The summed E-state index contributed by atoms with van der Waals surface area (Å²) in [5.41, 5.74) is 0.755. The van der Waals surface area contributed by atoms with Crippen molar-refractivity contribution in [3.63, 3.8) is 0 Å². The first-order valence-electron chi connectivity index (χ1n) is 4.22. The van der Waals surface area contributed by atoms with Crippen LogP contribution in [0.1, 0.15) is 18.9 Å². The zero-order valence-corrected chi connectivity index (χ0v) is 7.78. The Morgan fingerprint density at radius 3 is 3.00 bits per heavy atom. The van der Waals surface area contributed by atoms with Crippen LogP contribution in [0.3, 0.4) is 0 Å². The third kappa shape index (κ3) is 3.20. The highest BCUT2D eigenvalue weighted by Crippen LogP contribution is 2.12. The standard InChI is InChI=1S/C11H10O3/c1-2-3-5-9-6-4-7-10(8-9)14-11(12)13/h4,6-8H,2H2,1H3,(H,12,13). The molecule has 0 saturated carbocycles. The molecule has 0 spiro atoms. The van der Waals surface area contributed by atoms with Crippen molar-refractivity contribution in [2.24, 2.45) is 0 Å². The highest BCUT2D eigenvalue weighted by molar-refractivity contribution is 5.61. The first-order chi connectivity index (χ1) is 6.72. The Hall–Kier alpha value is -1.95. The monoisotopic (exact) mass is 190 g/mol. The van der Waals surface area contributed by atoms with Crippen molar-refractivity contribution in [2.45, 2.75) is 13.3 Å². The van der Waals surface area contributed by atoms with Gasteiger partial charge in [-0.15, -0.1) is 0 Å². The molecule has 0 aliphatic heterocycles. The normalized spacial score (nSPS) is 8.64. The van der Waals surface area contributed by atoms with Gasteiger partial charge in [-0.1, -0.05) is 24.8 Å². The van der Waals surface area contributed by atoms with Crippen LogP contribution in [-0.2, 0) is 0 Å². The number of carbonyl (C=O) groups is 1. The molecule has 0 heterocycles. The lowest BCUT2D eigenvalue weighted by Gasteiger charge is -1.98. The molecule has 0 atom stereocenters. The highest BCUT2D eigenvalue weighted by Gasteiger charge is 1.99. The number of hydrogen-bond acceptors (Lipinski definition) is 2. The molecule has 0 radical (unpaired) electrons. The molecule has 14 heavy (non-hydrogen) atoms. The minimum absolute atomic E-state index is 0.292. The fourth-order valence-corrected chi connectivity index (χ4v) is 0.929. The molecule has 0 aliphatic rings. The van der Waals surface area contributed by atoms with Gasteiger partial charge in [0.05, 0.1) is 0 Å². The lowest BCUT2D eigenvalue weighted by Crippen LogP contribution is -2.02. The van der Waals surface area contributed by atoms with E-state index in [0.29, 0.717) is 5.75 Å². The predicted octanol–water partition coefficient (Wildman–Crippen LogP) is 2.50. The fourth-order valence-electron chi connectivity index (χ4n) is 0.929. The van der Waals surface area contributed by atoms with E-state index in [4.69, 9.17) is 5.11 Å². The van der Waals surface area contributed by atoms with Crippen LogP contribution in [0.15, 0.2) is 24.3 Å². The number of carboxylic acid groups (broad SMARTS) is 1. The number of rotatable bonds is 1. The first-order valence-corrected chi connectivity index (χ1v) is 4.22. The largest absolute Gasteiger partial charge is 0.511 e. The van der Waals surface area contributed by atoms with Gasteiger partial charge in [-0.05, 0) is 18.2 Å². The maximum Gasteiger partial charge on any atom is 0.511 e. The van der Waals surface area contributed by atoms with Crippen molar-refractivity contribution >= 4 is 6.16 Å². The zero-order valence-electron chi connectivity index (χ0n) is 7.78. The Labute approximate surface area is 82.3 Å². The van der Waals surface area contributed by atoms with Gasteiger partial charge in [-0.25, -0.2) is 4.79 Å². The molecule has 3 heteroatoms. The van der Waals surface area contributed by atoms with E-state index >= 15 is 0 Å².